The lowest BCUT2D eigenvalue weighted by Gasteiger charge is -2.35. The first kappa shape index (κ1) is 20.3. The topological polar surface area (TPSA) is 64.6 Å². The van der Waals surface area contributed by atoms with E-state index in [9.17, 15) is 9.59 Å². The third kappa shape index (κ3) is 3.34. The van der Waals surface area contributed by atoms with Crippen molar-refractivity contribution in [3.8, 4) is 11.5 Å². The largest absolute Gasteiger partial charge is 0.493 e. The molecule has 2 aliphatic rings. The molecule has 32 heavy (non-hydrogen) atoms. The van der Waals surface area contributed by atoms with Gasteiger partial charge in [0, 0.05) is 35.7 Å². The molecule has 1 N–H and O–H groups in total. The minimum Gasteiger partial charge on any atom is -0.493 e. The van der Waals surface area contributed by atoms with Crippen molar-refractivity contribution in [1.29, 1.82) is 0 Å². The third-order valence-corrected chi connectivity index (χ3v) is 6.32. The van der Waals surface area contributed by atoms with Crippen molar-refractivity contribution in [3.05, 3.63) is 77.0 Å². The Morgan fingerprint density at radius 1 is 1.06 bits per heavy atom. The predicted molar refractivity (Wildman–Crippen MR) is 124 cm³/mol. The lowest BCUT2D eigenvalue weighted by atomic mass is 9.74. The molecule has 0 spiro atoms. The summed E-state index contributed by atoms with van der Waals surface area (Å²) < 4.78 is 11.0. The van der Waals surface area contributed by atoms with E-state index in [4.69, 9.17) is 9.47 Å². The van der Waals surface area contributed by atoms with Gasteiger partial charge >= 0.3 is 5.97 Å². The maximum Gasteiger partial charge on any atom is 0.311 e. The monoisotopic (exact) mass is 427 g/mol. The molecular weight excluding hydrogens is 402 g/mol. The van der Waals surface area contributed by atoms with E-state index in [1.54, 1.807) is 20.1 Å². The number of methoxy groups -OCH3 is 1. The number of Topliss-reactive ketones (excluding diaryl/α,β-unsaturated/α-hetero) is 1. The highest BCUT2D eigenvalue weighted by atomic mass is 16.6. The summed E-state index contributed by atoms with van der Waals surface area (Å²) in [5.41, 5.74) is 4.91. The summed E-state index contributed by atoms with van der Waals surface area (Å²) in [6.45, 7) is 1.75. The summed E-state index contributed by atoms with van der Waals surface area (Å²) in [5.74, 6) is 0.517. The zero-order valence-electron chi connectivity index (χ0n) is 18.2. The van der Waals surface area contributed by atoms with Crippen molar-refractivity contribution in [2.75, 3.05) is 12.4 Å². The van der Waals surface area contributed by atoms with E-state index in [1.165, 1.54) is 0 Å². The minimum absolute atomic E-state index is 0.183. The van der Waals surface area contributed by atoms with Crippen LogP contribution < -0.4 is 14.8 Å². The van der Waals surface area contributed by atoms with Crippen LogP contribution in [0.3, 0.4) is 0 Å². The minimum atomic E-state index is -0.318. The van der Waals surface area contributed by atoms with Gasteiger partial charge in [0.05, 0.1) is 7.11 Å². The van der Waals surface area contributed by atoms with Crippen molar-refractivity contribution in [2.45, 2.75) is 38.5 Å². The molecule has 1 aliphatic heterocycles. The number of allylic oxidation sites excluding steroid dienone is 2. The molecule has 5 rings (SSSR count). The summed E-state index contributed by atoms with van der Waals surface area (Å²) in [6.07, 6.45) is 2.55. The Balaban J connectivity index is 1.73. The number of nitrogens with one attached hydrogen (secondary N) is 1. The van der Waals surface area contributed by atoms with E-state index in [2.05, 4.69) is 29.6 Å². The number of carbonyl (C=O) groups is 2. The average molecular weight is 428 g/mol. The summed E-state index contributed by atoms with van der Waals surface area (Å²) in [7, 11) is 1.56. The maximum absolute atomic E-state index is 13.2. The molecule has 0 radical (unpaired) electrons. The molecule has 0 saturated carbocycles. The van der Waals surface area contributed by atoms with Crippen LogP contribution in [0.25, 0.3) is 10.8 Å². The highest BCUT2D eigenvalue weighted by Gasteiger charge is 2.36. The van der Waals surface area contributed by atoms with Crippen molar-refractivity contribution in [3.63, 3.8) is 0 Å². The Bertz CT molecular complexity index is 1270. The first-order valence-electron chi connectivity index (χ1n) is 11.0. The molecule has 0 amide bonds. The van der Waals surface area contributed by atoms with Crippen LogP contribution in [-0.4, -0.2) is 18.9 Å². The zero-order chi connectivity index (χ0) is 22.2. The molecule has 162 valence electrons. The van der Waals surface area contributed by atoms with Gasteiger partial charge in [0.1, 0.15) is 0 Å². The first-order chi connectivity index (χ1) is 15.6. The van der Waals surface area contributed by atoms with Crippen molar-refractivity contribution >= 4 is 28.2 Å². The molecule has 0 saturated heterocycles. The molecule has 0 aromatic heterocycles. The summed E-state index contributed by atoms with van der Waals surface area (Å²) in [6, 6.07) is 18.1. The summed E-state index contributed by atoms with van der Waals surface area (Å²) in [5, 5.41) is 5.80. The highest BCUT2D eigenvalue weighted by molar-refractivity contribution is 6.04. The first-order valence-corrected chi connectivity index (χ1v) is 11.0. The van der Waals surface area contributed by atoms with Crippen LogP contribution in [0.1, 0.15) is 49.7 Å². The van der Waals surface area contributed by atoms with Gasteiger partial charge in [-0.2, -0.15) is 0 Å². The fourth-order valence-corrected chi connectivity index (χ4v) is 4.83. The Morgan fingerprint density at radius 2 is 1.91 bits per heavy atom. The Hall–Kier alpha value is -3.60. The number of esters is 1. The average Bonchev–Trinajstić information content (AvgIpc) is 2.83. The maximum atomic E-state index is 13.2. The fourth-order valence-electron chi connectivity index (χ4n) is 4.83. The second-order valence-corrected chi connectivity index (χ2v) is 8.21. The number of ketones is 1. The number of anilines is 1. The van der Waals surface area contributed by atoms with Gasteiger partial charge in [0.2, 0.25) is 0 Å². The van der Waals surface area contributed by atoms with Gasteiger partial charge in [-0.3, -0.25) is 9.59 Å². The number of ether oxygens (including phenoxy) is 2. The Kier molecular flexibility index (Phi) is 5.17. The second-order valence-electron chi connectivity index (χ2n) is 8.21. The molecule has 5 heteroatoms. The smallest absolute Gasteiger partial charge is 0.311 e. The number of fused-ring (bicyclic) bond motifs is 3. The van der Waals surface area contributed by atoms with Crippen molar-refractivity contribution < 1.29 is 19.1 Å². The van der Waals surface area contributed by atoms with Crippen LogP contribution in [0.15, 0.2) is 65.9 Å². The SMILES string of the molecule is CCC(=O)Oc1ccc([C@@H]2C3=C(CCCC3=O)Nc3ccc4ccccc4c32)cc1OC. The molecule has 3 aromatic rings. The molecule has 0 unspecified atom stereocenters. The van der Waals surface area contributed by atoms with Gasteiger partial charge in [0.25, 0.3) is 0 Å². The quantitative estimate of drug-likeness (QED) is 0.426. The van der Waals surface area contributed by atoms with E-state index in [0.717, 1.165) is 51.7 Å². The molecular formula is C27H25NO4. The number of hydrogen-bond acceptors (Lipinski definition) is 5. The van der Waals surface area contributed by atoms with Gasteiger partial charge < -0.3 is 14.8 Å². The van der Waals surface area contributed by atoms with E-state index in [-0.39, 0.29) is 24.1 Å². The van der Waals surface area contributed by atoms with Crippen LogP contribution >= 0.6 is 0 Å². The molecule has 1 aliphatic carbocycles. The standard InChI is InChI=1S/C27H25NO4/c1-3-24(30)32-22-14-12-17(15-23(22)31-2)25-26-18-8-5-4-7-16(18)11-13-20(26)28-19-9-6-10-21(29)27(19)25/h4-5,7-8,11-15,25,28H,3,6,9-10H2,1-2H3/t25-/m0/s1. The number of hydrogen-bond donors (Lipinski definition) is 1. The predicted octanol–water partition coefficient (Wildman–Crippen LogP) is 5.73. The van der Waals surface area contributed by atoms with Gasteiger partial charge in [-0.15, -0.1) is 0 Å². The third-order valence-electron chi connectivity index (χ3n) is 6.32. The Labute approximate surface area is 187 Å². The molecule has 3 aromatic carbocycles. The van der Waals surface area contributed by atoms with Crippen LogP contribution in [0, 0.1) is 0 Å². The molecule has 1 atom stereocenters. The molecule has 1 heterocycles. The Morgan fingerprint density at radius 3 is 2.72 bits per heavy atom. The highest BCUT2D eigenvalue weighted by Crippen LogP contribution is 2.49. The van der Waals surface area contributed by atoms with Gasteiger partial charge in [-0.05, 0) is 52.9 Å². The molecule has 5 nitrogen and oxygen atoms in total. The van der Waals surface area contributed by atoms with Crippen LogP contribution in [0.4, 0.5) is 5.69 Å². The van der Waals surface area contributed by atoms with E-state index in [0.29, 0.717) is 17.9 Å². The zero-order valence-corrected chi connectivity index (χ0v) is 18.2. The van der Waals surface area contributed by atoms with Gasteiger partial charge in [-0.25, -0.2) is 0 Å². The van der Waals surface area contributed by atoms with Gasteiger partial charge in [-0.1, -0.05) is 43.3 Å². The van der Waals surface area contributed by atoms with Crippen LogP contribution in [-0.2, 0) is 9.59 Å². The van der Waals surface area contributed by atoms with Gasteiger partial charge in [0.15, 0.2) is 17.3 Å². The van der Waals surface area contributed by atoms with Crippen molar-refractivity contribution in [2.24, 2.45) is 0 Å². The van der Waals surface area contributed by atoms with Crippen molar-refractivity contribution in [1.82, 2.24) is 0 Å². The number of carbonyl (C=O) groups excluding carboxylic acids is 2. The fraction of sp³-hybridized carbons (Fsp3) is 0.259. The summed E-state index contributed by atoms with van der Waals surface area (Å²) >= 11 is 0. The normalized spacial score (nSPS) is 17.4. The molecule has 0 bridgehead atoms. The van der Waals surface area contributed by atoms with Crippen LogP contribution in [0.2, 0.25) is 0 Å². The number of rotatable bonds is 4. The lowest BCUT2D eigenvalue weighted by Crippen LogP contribution is -2.27. The summed E-state index contributed by atoms with van der Waals surface area (Å²) in [4.78, 5) is 25.0. The van der Waals surface area contributed by atoms with E-state index >= 15 is 0 Å². The lowest BCUT2D eigenvalue weighted by molar-refractivity contribution is -0.134. The second kappa shape index (κ2) is 8.15. The number of benzene rings is 3. The van der Waals surface area contributed by atoms with E-state index < -0.39 is 0 Å². The molecule has 0 fully saturated rings. The van der Waals surface area contributed by atoms with E-state index in [1.807, 2.05) is 24.3 Å². The van der Waals surface area contributed by atoms with Crippen LogP contribution in [0.5, 0.6) is 11.5 Å².